The third-order valence-corrected chi connectivity index (χ3v) is 1.16. The standard InChI is InChI=1S/C5H9NO3/c7-4-9-2-5-1-8-3-6-5/h4-6H,1-3H2. The molecule has 4 heteroatoms. The summed E-state index contributed by atoms with van der Waals surface area (Å²) in [4.78, 5) is 9.67. The highest BCUT2D eigenvalue weighted by Crippen LogP contribution is 1.93. The molecule has 1 N–H and O–H groups in total. The summed E-state index contributed by atoms with van der Waals surface area (Å²) in [6.07, 6.45) is 0. The molecule has 1 atom stereocenters. The van der Waals surface area contributed by atoms with Crippen LogP contribution in [0.2, 0.25) is 0 Å². The lowest BCUT2D eigenvalue weighted by Crippen LogP contribution is -2.28. The number of ether oxygens (including phenoxy) is 2. The van der Waals surface area contributed by atoms with Crippen molar-refractivity contribution in [1.82, 2.24) is 5.32 Å². The first-order valence-electron chi connectivity index (χ1n) is 2.80. The van der Waals surface area contributed by atoms with Gasteiger partial charge in [-0.15, -0.1) is 0 Å². The normalized spacial score (nSPS) is 26.0. The summed E-state index contributed by atoms with van der Waals surface area (Å²) in [7, 11) is 0. The van der Waals surface area contributed by atoms with E-state index < -0.39 is 0 Å². The van der Waals surface area contributed by atoms with Crippen molar-refractivity contribution < 1.29 is 14.3 Å². The van der Waals surface area contributed by atoms with Gasteiger partial charge < -0.3 is 9.47 Å². The minimum Gasteiger partial charge on any atom is -0.466 e. The Bertz CT molecular complexity index is 90.2. The van der Waals surface area contributed by atoms with Gasteiger partial charge in [-0.1, -0.05) is 0 Å². The first kappa shape index (κ1) is 6.51. The second-order valence-electron chi connectivity index (χ2n) is 1.85. The zero-order chi connectivity index (χ0) is 6.53. The van der Waals surface area contributed by atoms with Gasteiger partial charge in [0.05, 0.1) is 19.4 Å². The van der Waals surface area contributed by atoms with Crippen molar-refractivity contribution in [1.29, 1.82) is 0 Å². The van der Waals surface area contributed by atoms with Crippen molar-refractivity contribution in [2.75, 3.05) is 19.9 Å². The highest BCUT2D eigenvalue weighted by Gasteiger charge is 2.13. The van der Waals surface area contributed by atoms with Gasteiger partial charge in [-0.05, 0) is 0 Å². The molecule has 0 aromatic heterocycles. The molecular weight excluding hydrogens is 122 g/mol. The SMILES string of the molecule is O=COCC1COCN1. The van der Waals surface area contributed by atoms with E-state index in [1.54, 1.807) is 0 Å². The van der Waals surface area contributed by atoms with Gasteiger partial charge in [-0.25, -0.2) is 0 Å². The highest BCUT2D eigenvalue weighted by molar-refractivity contribution is 5.36. The molecule has 1 aliphatic heterocycles. The van der Waals surface area contributed by atoms with Crippen molar-refractivity contribution in [3.05, 3.63) is 0 Å². The maximum Gasteiger partial charge on any atom is 0.293 e. The first-order chi connectivity index (χ1) is 4.43. The van der Waals surface area contributed by atoms with Crippen LogP contribution in [0.1, 0.15) is 0 Å². The summed E-state index contributed by atoms with van der Waals surface area (Å²) in [5.74, 6) is 0. The minimum absolute atomic E-state index is 0.190. The third kappa shape index (κ3) is 1.99. The summed E-state index contributed by atoms with van der Waals surface area (Å²) < 4.78 is 9.44. The maximum absolute atomic E-state index is 9.67. The molecule has 0 amide bonds. The van der Waals surface area contributed by atoms with E-state index in [1.807, 2.05) is 0 Å². The molecule has 1 unspecified atom stereocenters. The Morgan fingerprint density at radius 2 is 2.78 bits per heavy atom. The van der Waals surface area contributed by atoms with Crippen LogP contribution < -0.4 is 5.32 Å². The molecule has 4 nitrogen and oxygen atoms in total. The number of nitrogens with one attached hydrogen (secondary N) is 1. The van der Waals surface area contributed by atoms with Crippen LogP contribution in [0.5, 0.6) is 0 Å². The van der Waals surface area contributed by atoms with Crippen molar-refractivity contribution in [3.63, 3.8) is 0 Å². The molecule has 1 saturated heterocycles. The van der Waals surface area contributed by atoms with E-state index >= 15 is 0 Å². The fourth-order valence-corrected chi connectivity index (χ4v) is 0.699. The van der Waals surface area contributed by atoms with Gasteiger partial charge in [0.15, 0.2) is 0 Å². The summed E-state index contributed by atoms with van der Waals surface area (Å²) in [5, 5.41) is 2.99. The molecule has 1 heterocycles. The summed E-state index contributed by atoms with van der Waals surface area (Å²) in [5.41, 5.74) is 0. The van der Waals surface area contributed by atoms with Gasteiger partial charge in [0, 0.05) is 0 Å². The first-order valence-corrected chi connectivity index (χ1v) is 2.80. The van der Waals surface area contributed by atoms with Gasteiger partial charge in [0.2, 0.25) is 0 Å². The van der Waals surface area contributed by atoms with E-state index in [9.17, 15) is 4.79 Å². The molecule has 1 rings (SSSR count). The Labute approximate surface area is 53.1 Å². The smallest absolute Gasteiger partial charge is 0.293 e. The van der Waals surface area contributed by atoms with E-state index in [-0.39, 0.29) is 6.04 Å². The maximum atomic E-state index is 9.67. The second-order valence-corrected chi connectivity index (χ2v) is 1.85. The predicted molar refractivity (Wildman–Crippen MR) is 29.8 cm³/mol. The molecule has 0 spiro atoms. The lowest BCUT2D eigenvalue weighted by atomic mass is 10.4. The Morgan fingerprint density at radius 3 is 3.33 bits per heavy atom. The number of hydrogen-bond acceptors (Lipinski definition) is 4. The third-order valence-electron chi connectivity index (χ3n) is 1.16. The number of hydrogen-bond donors (Lipinski definition) is 1. The zero-order valence-corrected chi connectivity index (χ0v) is 5.00. The summed E-state index contributed by atoms with van der Waals surface area (Å²) >= 11 is 0. The Kier molecular flexibility index (Phi) is 2.48. The molecule has 1 fully saturated rings. The van der Waals surface area contributed by atoms with Crippen LogP contribution in [0, 0.1) is 0 Å². The average molecular weight is 131 g/mol. The van der Waals surface area contributed by atoms with E-state index in [1.165, 1.54) is 0 Å². The van der Waals surface area contributed by atoms with Crippen LogP contribution in [0.25, 0.3) is 0 Å². The van der Waals surface area contributed by atoms with Crippen molar-refractivity contribution in [2.45, 2.75) is 6.04 Å². The largest absolute Gasteiger partial charge is 0.466 e. The van der Waals surface area contributed by atoms with Crippen LogP contribution in [-0.4, -0.2) is 32.5 Å². The van der Waals surface area contributed by atoms with Crippen LogP contribution in [0.4, 0.5) is 0 Å². The molecule has 0 aromatic rings. The second kappa shape index (κ2) is 3.42. The van der Waals surface area contributed by atoms with Gasteiger partial charge in [-0.3, -0.25) is 10.1 Å². The Morgan fingerprint density at radius 1 is 1.89 bits per heavy atom. The topological polar surface area (TPSA) is 47.6 Å². The van der Waals surface area contributed by atoms with Crippen molar-refractivity contribution in [2.24, 2.45) is 0 Å². The molecule has 0 aliphatic carbocycles. The van der Waals surface area contributed by atoms with Gasteiger partial charge in [0.25, 0.3) is 6.47 Å². The molecule has 0 radical (unpaired) electrons. The average Bonchev–Trinajstić information content (AvgIpc) is 2.34. The molecule has 0 aromatic carbocycles. The molecular formula is C5H9NO3. The van der Waals surface area contributed by atoms with E-state index in [0.29, 0.717) is 26.4 Å². The van der Waals surface area contributed by atoms with E-state index in [2.05, 4.69) is 10.1 Å². The minimum atomic E-state index is 0.190. The lowest BCUT2D eigenvalue weighted by Gasteiger charge is -2.03. The summed E-state index contributed by atoms with van der Waals surface area (Å²) in [6, 6.07) is 0.190. The van der Waals surface area contributed by atoms with E-state index in [4.69, 9.17) is 4.74 Å². The van der Waals surface area contributed by atoms with Crippen LogP contribution in [-0.2, 0) is 14.3 Å². The van der Waals surface area contributed by atoms with Gasteiger partial charge >= 0.3 is 0 Å². The van der Waals surface area contributed by atoms with Gasteiger partial charge in [0.1, 0.15) is 6.61 Å². The fraction of sp³-hybridized carbons (Fsp3) is 0.800. The molecule has 0 saturated carbocycles. The Balaban J connectivity index is 2.04. The molecule has 52 valence electrons. The highest BCUT2D eigenvalue weighted by atomic mass is 16.5. The molecule has 9 heavy (non-hydrogen) atoms. The van der Waals surface area contributed by atoms with Gasteiger partial charge in [-0.2, -0.15) is 0 Å². The number of carbonyl (C=O) groups excluding carboxylic acids is 1. The molecule has 0 bridgehead atoms. The van der Waals surface area contributed by atoms with Crippen molar-refractivity contribution in [3.8, 4) is 0 Å². The number of carbonyl (C=O) groups is 1. The van der Waals surface area contributed by atoms with Crippen LogP contribution >= 0.6 is 0 Å². The van der Waals surface area contributed by atoms with Crippen LogP contribution in [0.3, 0.4) is 0 Å². The lowest BCUT2D eigenvalue weighted by molar-refractivity contribution is -0.129. The van der Waals surface area contributed by atoms with Crippen LogP contribution in [0.15, 0.2) is 0 Å². The zero-order valence-electron chi connectivity index (χ0n) is 5.00. The Hall–Kier alpha value is -0.610. The predicted octanol–water partition coefficient (Wildman–Crippen LogP) is -0.895. The quantitative estimate of drug-likeness (QED) is 0.504. The monoisotopic (exact) mass is 131 g/mol. The van der Waals surface area contributed by atoms with Crippen molar-refractivity contribution >= 4 is 6.47 Å². The molecule has 1 aliphatic rings. The summed E-state index contributed by atoms with van der Waals surface area (Å²) in [6.45, 7) is 2.05. The number of rotatable bonds is 3. The van der Waals surface area contributed by atoms with E-state index in [0.717, 1.165) is 0 Å². The fourth-order valence-electron chi connectivity index (χ4n) is 0.699.